The Kier molecular flexibility index (Phi) is 6.63. The smallest absolute Gasteiger partial charge is 0.407 e. The highest BCUT2D eigenvalue weighted by atomic mass is 16.6. The maximum atomic E-state index is 13.0. The summed E-state index contributed by atoms with van der Waals surface area (Å²) >= 11 is 0. The van der Waals surface area contributed by atoms with Gasteiger partial charge in [0.15, 0.2) is 0 Å². The number of aromatic nitrogens is 1. The molecule has 4 amide bonds. The first-order chi connectivity index (χ1) is 15.7. The van der Waals surface area contributed by atoms with Gasteiger partial charge in [0.2, 0.25) is 0 Å². The van der Waals surface area contributed by atoms with Gasteiger partial charge in [0.1, 0.15) is 11.6 Å². The number of ether oxygens (including phenoxy) is 1. The number of fused-ring (bicyclic) bond motifs is 1. The number of imide groups is 1. The quantitative estimate of drug-likeness (QED) is 0.575. The Hall–Kier alpha value is -3.03. The van der Waals surface area contributed by atoms with Gasteiger partial charge in [-0.3, -0.25) is 9.69 Å². The lowest BCUT2D eigenvalue weighted by Crippen LogP contribution is -2.40. The highest BCUT2D eigenvalue weighted by Crippen LogP contribution is 2.30. The fourth-order valence-corrected chi connectivity index (χ4v) is 4.96. The molecule has 3 N–H and O–H groups in total. The third kappa shape index (κ3) is 5.67. The fraction of sp³-hybridized carbons (Fsp3) is 0.560. The predicted octanol–water partition coefficient (Wildman–Crippen LogP) is 3.96. The number of H-pyrrole nitrogens is 1. The van der Waals surface area contributed by atoms with Crippen LogP contribution in [0.5, 0.6) is 0 Å². The molecule has 1 saturated carbocycles. The molecular formula is C25H34N4O4. The van der Waals surface area contributed by atoms with Gasteiger partial charge in [-0.05, 0) is 63.5 Å². The summed E-state index contributed by atoms with van der Waals surface area (Å²) in [6.45, 7) is 6.50. The molecule has 1 aliphatic heterocycles. The molecule has 1 aromatic carbocycles. The normalized spacial score (nSPS) is 23.6. The summed E-state index contributed by atoms with van der Waals surface area (Å²) in [4.78, 5) is 42.2. The van der Waals surface area contributed by atoms with Crippen molar-refractivity contribution in [2.75, 3.05) is 13.1 Å². The number of nitrogens with one attached hydrogen (secondary N) is 3. The number of hydrogen-bond acceptors (Lipinski definition) is 4. The Morgan fingerprint density at radius 2 is 1.94 bits per heavy atom. The third-order valence-electron chi connectivity index (χ3n) is 6.47. The van der Waals surface area contributed by atoms with E-state index in [2.05, 4.69) is 15.6 Å². The van der Waals surface area contributed by atoms with E-state index in [4.69, 9.17) is 4.74 Å². The van der Waals surface area contributed by atoms with E-state index in [1.165, 1.54) is 4.90 Å². The average molecular weight is 455 g/mol. The first kappa shape index (κ1) is 23.1. The lowest BCUT2D eigenvalue weighted by molar-refractivity contribution is -0.128. The number of aromatic amines is 1. The first-order valence-corrected chi connectivity index (χ1v) is 11.8. The fourth-order valence-electron chi connectivity index (χ4n) is 4.96. The molecule has 2 fully saturated rings. The SMILES string of the molecule is CC(C)(C)OC(=O)NC[C@H]1CCC[C@@H](CN2C(=O)N[C@@H](Cc3c[nH]c4ccccc34)C2=O)C1. The lowest BCUT2D eigenvalue weighted by atomic mass is 9.81. The molecule has 0 radical (unpaired) electrons. The van der Waals surface area contributed by atoms with E-state index in [1.807, 2.05) is 51.2 Å². The van der Waals surface area contributed by atoms with Crippen LogP contribution >= 0.6 is 0 Å². The van der Waals surface area contributed by atoms with Crippen molar-refractivity contribution >= 4 is 28.9 Å². The van der Waals surface area contributed by atoms with Gasteiger partial charge in [-0.25, -0.2) is 9.59 Å². The molecule has 0 spiro atoms. The van der Waals surface area contributed by atoms with E-state index >= 15 is 0 Å². The van der Waals surface area contributed by atoms with Crippen LogP contribution in [0.4, 0.5) is 9.59 Å². The molecule has 1 aromatic heterocycles. The molecule has 178 valence electrons. The van der Waals surface area contributed by atoms with Gasteiger partial charge in [0.25, 0.3) is 5.91 Å². The van der Waals surface area contributed by atoms with Gasteiger partial charge in [-0.2, -0.15) is 0 Å². The number of urea groups is 1. The first-order valence-electron chi connectivity index (χ1n) is 11.8. The highest BCUT2D eigenvalue weighted by molar-refractivity contribution is 6.04. The summed E-state index contributed by atoms with van der Waals surface area (Å²) in [7, 11) is 0. The Morgan fingerprint density at radius 3 is 2.73 bits per heavy atom. The average Bonchev–Trinajstić information content (AvgIpc) is 3.28. The van der Waals surface area contributed by atoms with Crippen molar-refractivity contribution in [3.8, 4) is 0 Å². The van der Waals surface area contributed by atoms with Crippen molar-refractivity contribution in [3.05, 3.63) is 36.0 Å². The Labute approximate surface area is 194 Å². The van der Waals surface area contributed by atoms with Crippen LogP contribution < -0.4 is 10.6 Å². The molecule has 0 unspecified atom stereocenters. The minimum atomic E-state index is -0.537. The minimum absolute atomic E-state index is 0.153. The standard InChI is InChI=1S/C25H34N4O4/c1-25(2,3)33-24(32)27-13-16-7-6-8-17(11-16)15-29-22(30)21(28-23(29)31)12-18-14-26-20-10-5-4-9-19(18)20/h4-5,9-10,14,16-17,21,26H,6-8,11-13,15H2,1-3H3,(H,27,32)(H,28,31)/t16-,17+,21-/m0/s1. The second-order valence-electron chi connectivity index (χ2n) is 10.3. The van der Waals surface area contributed by atoms with E-state index in [-0.39, 0.29) is 17.9 Å². The van der Waals surface area contributed by atoms with E-state index in [1.54, 1.807) is 0 Å². The summed E-state index contributed by atoms with van der Waals surface area (Å²) in [6, 6.07) is 7.11. The highest BCUT2D eigenvalue weighted by Gasteiger charge is 2.39. The van der Waals surface area contributed by atoms with Crippen LogP contribution in [0.15, 0.2) is 30.5 Å². The molecule has 2 aliphatic rings. The Morgan fingerprint density at radius 1 is 1.18 bits per heavy atom. The Balaban J connectivity index is 1.30. The number of para-hydroxylation sites is 1. The van der Waals surface area contributed by atoms with E-state index < -0.39 is 17.7 Å². The molecule has 8 heteroatoms. The van der Waals surface area contributed by atoms with Crippen molar-refractivity contribution < 1.29 is 19.1 Å². The number of rotatable bonds is 6. The number of carbonyl (C=O) groups excluding carboxylic acids is 3. The molecule has 4 rings (SSSR count). The number of hydrogen-bond donors (Lipinski definition) is 3. The number of benzene rings is 1. The minimum Gasteiger partial charge on any atom is -0.444 e. The van der Waals surface area contributed by atoms with Gasteiger partial charge < -0.3 is 20.4 Å². The second-order valence-corrected chi connectivity index (χ2v) is 10.3. The lowest BCUT2D eigenvalue weighted by Gasteiger charge is -2.31. The predicted molar refractivity (Wildman–Crippen MR) is 126 cm³/mol. The summed E-state index contributed by atoms with van der Waals surface area (Å²) < 4.78 is 5.31. The molecule has 3 atom stereocenters. The molecular weight excluding hydrogens is 420 g/mol. The summed E-state index contributed by atoms with van der Waals surface area (Å²) in [6.07, 6.45) is 5.88. The molecule has 2 heterocycles. The summed E-state index contributed by atoms with van der Waals surface area (Å²) in [5.74, 6) is 0.407. The van der Waals surface area contributed by atoms with Crippen LogP contribution in [-0.2, 0) is 16.0 Å². The molecule has 1 aliphatic carbocycles. The monoisotopic (exact) mass is 454 g/mol. The second kappa shape index (κ2) is 9.45. The van der Waals surface area contributed by atoms with Gasteiger partial charge >= 0.3 is 12.1 Å². The van der Waals surface area contributed by atoms with Crippen molar-refractivity contribution in [3.63, 3.8) is 0 Å². The zero-order valence-electron chi connectivity index (χ0n) is 19.6. The van der Waals surface area contributed by atoms with Crippen LogP contribution in [-0.4, -0.2) is 52.6 Å². The number of amides is 4. The van der Waals surface area contributed by atoms with Crippen LogP contribution in [0, 0.1) is 11.8 Å². The molecule has 33 heavy (non-hydrogen) atoms. The van der Waals surface area contributed by atoms with Crippen molar-refractivity contribution in [1.29, 1.82) is 0 Å². The molecule has 8 nitrogen and oxygen atoms in total. The topological polar surface area (TPSA) is 104 Å². The van der Waals surface area contributed by atoms with Crippen molar-refractivity contribution in [2.45, 2.75) is 64.5 Å². The van der Waals surface area contributed by atoms with E-state index in [0.717, 1.165) is 42.1 Å². The van der Waals surface area contributed by atoms with Crippen LogP contribution in [0.2, 0.25) is 0 Å². The van der Waals surface area contributed by atoms with Crippen LogP contribution in [0.25, 0.3) is 10.9 Å². The maximum Gasteiger partial charge on any atom is 0.407 e. The van der Waals surface area contributed by atoms with Crippen molar-refractivity contribution in [1.82, 2.24) is 20.5 Å². The van der Waals surface area contributed by atoms with Crippen LogP contribution in [0.3, 0.4) is 0 Å². The third-order valence-corrected chi connectivity index (χ3v) is 6.47. The molecule has 2 aromatic rings. The Bertz CT molecular complexity index is 1020. The zero-order chi connectivity index (χ0) is 23.6. The largest absolute Gasteiger partial charge is 0.444 e. The number of nitrogens with zero attached hydrogens (tertiary/aromatic N) is 1. The summed E-state index contributed by atoms with van der Waals surface area (Å²) in [5, 5.41) is 6.81. The zero-order valence-corrected chi connectivity index (χ0v) is 19.6. The van der Waals surface area contributed by atoms with Gasteiger partial charge in [0.05, 0.1) is 0 Å². The summed E-state index contributed by atoms with van der Waals surface area (Å²) in [5.41, 5.74) is 1.53. The number of carbonyl (C=O) groups is 3. The number of alkyl carbamates (subject to hydrolysis) is 1. The van der Waals surface area contributed by atoms with Gasteiger partial charge in [-0.1, -0.05) is 24.6 Å². The van der Waals surface area contributed by atoms with Crippen molar-refractivity contribution in [2.24, 2.45) is 11.8 Å². The maximum absolute atomic E-state index is 13.0. The van der Waals surface area contributed by atoms with Gasteiger partial charge in [-0.15, -0.1) is 0 Å². The van der Waals surface area contributed by atoms with Crippen LogP contribution in [0.1, 0.15) is 52.0 Å². The van der Waals surface area contributed by atoms with E-state index in [9.17, 15) is 14.4 Å². The molecule has 1 saturated heterocycles. The van der Waals surface area contributed by atoms with E-state index in [0.29, 0.717) is 25.4 Å². The van der Waals surface area contributed by atoms with Gasteiger partial charge in [0, 0.05) is 36.6 Å². The molecule has 0 bridgehead atoms.